The Labute approximate surface area is 133 Å². The fourth-order valence-corrected chi connectivity index (χ4v) is 2.77. The van der Waals surface area contributed by atoms with Crippen molar-refractivity contribution in [2.75, 3.05) is 6.54 Å². The third-order valence-corrected chi connectivity index (χ3v) is 4.07. The summed E-state index contributed by atoms with van der Waals surface area (Å²) < 4.78 is 0. The number of hydrogen-bond donors (Lipinski definition) is 1. The quantitative estimate of drug-likeness (QED) is 0.946. The maximum Gasteiger partial charge on any atom is 0.251 e. The van der Waals surface area contributed by atoms with Crippen LogP contribution >= 0.6 is 11.6 Å². The Morgan fingerprint density at radius 2 is 1.82 bits per heavy atom. The van der Waals surface area contributed by atoms with Crippen LogP contribution in [0.5, 0.6) is 0 Å². The lowest BCUT2D eigenvalue weighted by Crippen LogP contribution is -2.37. The Morgan fingerprint density at radius 1 is 1.05 bits per heavy atom. The van der Waals surface area contributed by atoms with Crippen molar-refractivity contribution in [3.8, 4) is 0 Å². The molecule has 0 aliphatic carbocycles. The minimum atomic E-state index is -0.247. The standard InChI is InChI=1S/C17H15ClN2O2/c18-15-8-4-7-13-10-20(11-14(13)15)16(21)9-19-17(22)12-5-2-1-3-6-12/h1-8H,9-11H2,(H,19,22). The second kappa shape index (κ2) is 6.20. The molecular weight excluding hydrogens is 300 g/mol. The highest BCUT2D eigenvalue weighted by Crippen LogP contribution is 2.28. The summed E-state index contributed by atoms with van der Waals surface area (Å²) in [6.07, 6.45) is 0. The molecule has 3 rings (SSSR count). The van der Waals surface area contributed by atoms with E-state index in [9.17, 15) is 9.59 Å². The van der Waals surface area contributed by atoms with Crippen molar-refractivity contribution in [3.05, 3.63) is 70.2 Å². The number of amides is 2. The van der Waals surface area contributed by atoms with Gasteiger partial charge in [-0.2, -0.15) is 0 Å². The average Bonchev–Trinajstić information content (AvgIpc) is 2.99. The van der Waals surface area contributed by atoms with Crippen molar-refractivity contribution in [2.24, 2.45) is 0 Å². The van der Waals surface area contributed by atoms with Gasteiger partial charge in [-0.1, -0.05) is 41.9 Å². The van der Waals surface area contributed by atoms with E-state index in [-0.39, 0.29) is 18.4 Å². The van der Waals surface area contributed by atoms with Crippen LogP contribution in [0.15, 0.2) is 48.5 Å². The maximum atomic E-state index is 12.2. The van der Waals surface area contributed by atoms with E-state index in [2.05, 4.69) is 5.32 Å². The van der Waals surface area contributed by atoms with Crippen LogP contribution in [0.1, 0.15) is 21.5 Å². The third kappa shape index (κ3) is 2.97. The van der Waals surface area contributed by atoms with Gasteiger partial charge >= 0.3 is 0 Å². The highest BCUT2D eigenvalue weighted by atomic mass is 35.5. The molecule has 1 heterocycles. The number of nitrogens with zero attached hydrogens (tertiary/aromatic N) is 1. The molecule has 0 saturated heterocycles. The Morgan fingerprint density at radius 3 is 2.55 bits per heavy atom. The summed E-state index contributed by atoms with van der Waals surface area (Å²) in [5, 5.41) is 3.34. The van der Waals surface area contributed by atoms with Crippen molar-refractivity contribution < 1.29 is 9.59 Å². The van der Waals surface area contributed by atoms with E-state index in [0.717, 1.165) is 11.1 Å². The molecule has 2 aromatic carbocycles. The topological polar surface area (TPSA) is 49.4 Å². The molecule has 0 bridgehead atoms. The number of rotatable bonds is 3. The summed E-state index contributed by atoms with van der Waals surface area (Å²) in [6, 6.07) is 14.5. The van der Waals surface area contributed by atoms with Crippen molar-refractivity contribution in [2.45, 2.75) is 13.1 Å². The molecule has 0 atom stereocenters. The number of hydrogen-bond acceptors (Lipinski definition) is 2. The lowest BCUT2D eigenvalue weighted by Gasteiger charge is -2.15. The molecule has 2 amide bonds. The van der Waals surface area contributed by atoms with Gasteiger partial charge in [0.15, 0.2) is 0 Å². The summed E-state index contributed by atoms with van der Waals surface area (Å²) in [5.41, 5.74) is 2.60. The number of fused-ring (bicyclic) bond motifs is 1. The van der Waals surface area contributed by atoms with Crippen molar-refractivity contribution in [3.63, 3.8) is 0 Å². The predicted octanol–water partition coefficient (Wildman–Crippen LogP) is 2.61. The predicted molar refractivity (Wildman–Crippen MR) is 84.5 cm³/mol. The first-order chi connectivity index (χ1) is 10.6. The van der Waals surface area contributed by atoms with E-state index in [1.54, 1.807) is 29.2 Å². The van der Waals surface area contributed by atoms with Crippen molar-refractivity contribution in [1.82, 2.24) is 10.2 Å². The second-order valence-corrected chi connectivity index (χ2v) is 5.58. The van der Waals surface area contributed by atoms with Gasteiger partial charge in [0.1, 0.15) is 0 Å². The SMILES string of the molecule is O=C(NCC(=O)N1Cc2cccc(Cl)c2C1)c1ccccc1. The van der Waals surface area contributed by atoms with Crippen LogP contribution in [0.25, 0.3) is 0 Å². The first-order valence-corrected chi connectivity index (χ1v) is 7.40. The summed E-state index contributed by atoms with van der Waals surface area (Å²) >= 11 is 6.14. The van der Waals surface area contributed by atoms with Crippen LogP contribution < -0.4 is 5.32 Å². The number of benzene rings is 2. The maximum absolute atomic E-state index is 12.2. The van der Waals surface area contributed by atoms with E-state index in [4.69, 9.17) is 11.6 Å². The smallest absolute Gasteiger partial charge is 0.251 e. The average molecular weight is 315 g/mol. The number of carbonyl (C=O) groups excluding carboxylic acids is 2. The van der Waals surface area contributed by atoms with E-state index in [1.165, 1.54) is 0 Å². The molecule has 2 aromatic rings. The summed E-state index contributed by atoms with van der Waals surface area (Å²) in [5.74, 6) is -0.361. The molecule has 22 heavy (non-hydrogen) atoms. The van der Waals surface area contributed by atoms with Crippen LogP contribution in [0.2, 0.25) is 5.02 Å². The molecule has 1 aliphatic rings. The third-order valence-electron chi connectivity index (χ3n) is 3.71. The van der Waals surface area contributed by atoms with Crippen molar-refractivity contribution >= 4 is 23.4 Å². The second-order valence-electron chi connectivity index (χ2n) is 5.18. The van der Waals surface area contributed by atoms with Crippen LogP contribution in [-0.4, -0.2) is 23.3 Å². The summed E-state index contributed by atoms with van der Waals surface area (Å²) in [7, 11) is 0. The fourth-order valence-electron chi connectivity index (χ4n) is 2.52. The van der Waals surface area contributed by atoms with Gasteiger partial charge < -0.3 is 10.2 Å². The van der Waals surface area contributed by atoms with Gasteiger partial charge in [-0.25, -0.2) is 0 Å². The number of carbonyl (C=O) groups is 2. The van der Waals surface area contributed by atoms with Gasteiger partial charge in [0, 0.05) is 23.7 Å². The summed E-state index contributed by atoms with van der Waals surface area (Å²) in [6.45, 7) is 1.02. The number of nitrogens with one attached hydrogen (secondary N) is 1. The van der Waals surface area contributed by atoms with Crippen molar-refractivity contribution in [1.29, 1.82) is 0 Å². The fraction of sp³-hybridized carbons (Fsp3) is 0.176. The highest BCUT2D eigenvalue weighted by molar-refractivity contribution is 6.31. The molecule has 0 fully saturated rings. The molecule has 112 valence electrons. The van der Waals surface area contributed by atoms with E-state index in [1.807, 2.05) is 24.3 Å². The van der Waals surface area contributed by atoms with Crippen LogP contribution in [0.3, 0.4) is 0 Å². The molecular formula is C17H15ClN2O2. The lowest BCUT2D eigenvalue weighted by atomic mass is 10.1. The number of halogens is 1. The van der Waals surface area contributed by atoms with Gasteiger partial charge in [-0.15, -0.1) is 0 Å². The van der Waals surface area contributed by atoms with Crippen LogP contribution in [-0.2, 0) is 17.9 Å². The molecule has 0 aromatic heterocycles. The molecule has 1 aliphatic heterocycles. The molecule has 5 heteroatoms. The Balaban J connectivity index is 1.58. The molecule has 1 N–H and O–H groups in total. The first kappa shape index (κ1) is 14.6. The molecule has 4 nitrogen and oxygen atoms in total. The van der Waals surface area contributed by atoms with Gasteiger partial charge in [0.05, 0.1) is 6.54 Å². The monoisotopic (exact) mass is 314 g/mol. The van der Waals surface area contributed by atoms with Crippen LogP contribution in [0, 0.1) is 0 Å². The van der Waals surface area contributed by atoms with Gasteiger partial charge in [-0.3, -0.25) is 9.59 Å². The van der Waals surface area contributed by atoms with E-state index >= 15 is 0 Å². The largest absolute Gasteiger partial charge is 0.343 e. The summed E-state index contributed by atoms with van der Waals surface area (Å²) in [4.78, 5) is 25.9. The van der Waals surface area contributed by atoms with E-state index < -0.39 is 0 Å². The Bertz CT molecular complexity index is 716. The molecule has 0 radical (unpaired) electrons. The zero-order valence-corrected chi connectivity index (χ0v) is 12.6. The Hall–Kier alpha value is -2.33. The minimum absolute atomic E-state index is 0.0145. The van der Waals surface area contributed by atoms with Gasteiger partial charge in [-0.05, 0) is 29.3 Å². The zero-order chi connectivity index (χ0) is 15.5. The van der Waals surface area contributed by atoms with Gasteiger partial charge in [0.2, 0.25) is 5.91 Å². The molecule has 0 spiro atoms. The first-order valence-electron chi connectivity index (χ1n) is 7.02. The minimum Gasteiger partial charge on any atom is -0.343 e. The van der Waals surface area contributed by atoms with E-state index in [0.29, 0.717) is 23.7 Å². The normalized spacial score (nSPS) is 12.9. The molecule has 0 saturated carbocycles. The zero-order valence-electron chi connectivity index (χ0n) is 11.9. The lowest BCUT2D eigenvalue weighted by molar-refractivity contribution is -0.130. The Kier molecular flexibility index (Phi) is 4.11. The molecule has 0 unspecified atom stereocenters. The van der Waals surface area contributed by atoms with Crippen LogP contribution in [0.4, 0.5) is 0 Å². The highest BCUT2D eigenvalue weighted by Gasteiger charge is 2.24. The van der Waals surface area contributed by atoms with Gasteiger partial charge in [0.25, 0.3) is 5.91 Å².